The standard InChI is InChI=1S/C21H25F3N4O.HI/c1-4-16(5-2)19-13-18(29-28-19)14-27-20(25-3)26-11-7-9-15-8-6-10-17(12-15)21(22,23)24;/h6,8,10,12-13,16H,4-5,11,14H2,1-3H3,(H2,25,26,27);1H. The van der Waals surface area contributed by atoms with Crippen LogP contribution in [0.15, 0.2) is 39.8 Å². The summed E-state index contributed by atoms with van der Waals surface area (Å²) in [4.78, 5) is 4.08. The first kappa shape index (κ1) is 25.8. The van der Waals surface area contributed by atoms with Gasteiger partial charge >= 0.3 is 6.18 Å². The molecule has 1 aromatic heterocycles. The Morgan fingerprint density at radius 1 is 1.20 bits per heavy atom. The molecule has 0 radical (unpaired) electrons. The summed E-state index contributed by atoms with van der Waals surface area (Å²) in [7, 11) is 1.62. The third-order valence-corrected chi connectivity index (χ3v) is 4.40. The predicted molar refractivity (Wildman–Crippen MR) is 122 cm³/mol. The van der Waals surface area contributed by atoms with E-state index in [1.807, 2.05) is 6.07 Å². The van der Waals surface area contributed by atoms with Gasteiger partial charge in [-0.05, 0) is 31.0 Å². The molecule has 0 saturated heterocycles. The molecule has 0 saturated carbocycles. The molecule has 0 bridgehead atoms. The Morgan fingerprint density at radius 3 is 2.57 bits per heavy atom. The van der Waals surface area contributed by atoms with E-state index in [-0.39, 0.29) is 30.5 Å². The molecular formula is C21H26F3IN4O. The van der Waals surface area contributed by atoms with Crippen LogP contribution < -0.4 is 10.6 Å². The smallest absolute Gasteiger partial charge is 0.359 e. The fraction of sp³-hybridized carbons (Fsp3) is 0.429. The van der Waals surface area contributed by atoms with E-state index < -0.39 is 11.7 Å². The molecule has 0 aliphatic rings. The molecular weight excluding hydrogens is 508 g/mol. The van der Waals surface area contributed by atoms with Crippen LogP contribution in [-0.4, -0.2) is 24.7 Å². The molecule has 0 atom stereocenters. The highest BCUT2D eigenvalue weighted by atomic mass is 127. The van der Waals surface area contributed by atoms with Crippen molar-refractivity contribution in [3.8, 4) is 11.8 Å². The number of benzene rings is 1. The van der Waals surface area contributed by atoms with Gasteiger partial charge < -0.3 is 15.2 Å². The van der Waals surface area contributed by atoms with Crippen LogP contribution in [-0.2, 0) is 12.7 Å². The lowest BCUT2D eigenvalue weighted by atomic mass is 9.99. The van der Waals surface area contributed by atoms with Crippen molar-refractivity contribution in [2.45, 2.75) is 45.3 Å². The van der Waals surface area contributed by atoms with E-state index in [0.717, 1.165) is 30.7 Å². The summed E-state index contributed by atoms with van der Waals surface area (Å²) in [6.45, 7) is 4.87. The molecule has 2 N–H and O–H groups in total. The van der Waals surface area contributed by atoms with Gasteiger partial charge in [-0.3, -0.25) is 4.99 Å². The summed E-state index contributed by atoms with van der Waals surface area (Å²) in [5, 5.41) is 10.2. The maximum atomic E-state index is 12.7. The number of rotatable bonds is 6. The van der Waals surface area contributed by atoms with Crippen LogP contribution in [0.5, 0.6) is 0 Å². The normalized spacial score (nSPS) is 11.5. The van der Waals surface area contributed by atoms with Gasteiger partial charge in [-0.1, -0.05) is 36.9 Å². The topological polar surface area (TPSA) is 62.5 Å². The molecule has 2 aromatic rings. The molecule has 9 heteroatoms. The molecule has 0 fully saturated rings. The summed E-state index contributed by atoms with van der Waals surface area (Å²) in [5.41, 5.74) is 0.538. The molecule has 0 aliphatic heterocycles. The van der Waals surface area contributed by atoms with E-state index in [2.05, 4.69) is 46.5 Å². The van der Waals surface area contributed by atoms with E-state index in [4.69, 9.17) is 4.52 Å². The number of nitrogens with zero attached hydrogens (tertiary/aromatic N) is 2. The lowest BCUT2D eigenvalue weighted by molar-refractivity contribution is -0.137. The van der Waals surface area contributed by atoms with Gasteiger partial charge in [0.2, 0.25) is 0 Å². The van der Waals surface area contributed by atoms with Gasteiger partial charge in [-0.2, -0.15) is 13.2 Å². The number of hydrogen-bond donors (Lipinski definition) is 2. The number of aliphatic imine (C=N–C) groups is 1. The Kier molecular flexibility index (Phi) is 10.7. The largest absolute Gasteiger partial charge is 0.416 e. The molecule has 0 unspecified atom stereocenters. The SMILES string of the molecule is CCC(CC)c1cc(CNC(=NC)NCC#Cc2cccc(C(F)(F)F)c2)on1.I. The summed E-state index contributed by atoms with van der Waals surface area (Å²) in [5.74, 6) is 7.10. The van der Waals surface area contributed by atoms with Crippen LogP contribution in [0.1, 0.15) is 55.2 Å². The average molecular weight is 534 g/mol. The van der Waals surface area contributed by atoms with E-state index in [1.165, 1.54) is 12.1 Å². The Labute approximate surface area is 191 Å². The second kappa shape index (κ2) is 12.5. The van der Waals surface area contributed by atoms with Crippen LogP contribution in [0.2, 0.25) is 0 Å². The first-order valence-corrected chi connectivity index (χ1v) is 9.43. The van der Waals surface area contributed by atoms with E-state index in [9.17, 15) is 13.2 Å². The quantitative estimate of drug-likeness (QED) is 0.239. The molecule has 0 amide bonds. The van der Waals surface area contributed by atoms with Gasteiger partial charge in [0.15, 0.2) is 11.7 Å². The number of aromatic nitrogens is 1. The highest BCUT2D eigenvalue weighted by molar-refractivity contribution is 14.0. The number of nitrogens with one attached hydrogen (secondary N) is 2. The molecule has 1 heterocycles. The zero-order chi connectivity index (χ0) is 21.3. The van der Waals surface area contributed by atoms with Crippen molar-refractivity contribution in [3.63, 3.8) is 0 Å². The maximum Gasteiger partial charge on any atom is 0.416 e. The molecule has 0 aliphatic carbocycles. The van der Waals surface area contributed by atoms with Crippen LogP contribution in [0, 0.1) is 11.8 Å². The molecule has 164 valence electrons. The molecule has 1 aromatic carbocycles. The predicted octanol–water partition coefficient (Wildman–Crippen LogP) is 4.93. The van der Waals surface area contributed by atoms with Gasteiger partial charge in [0, 0.05) is 24.6 Å². The monoisotopic (exact) mass is 534 g/mol. The lowest BCUT2D eigenvalue weighted by Crippen LogP contribution is -2.36. The van der Waals surface area contributed by atoms with E-state index >= 15 is 0 Å². The Hall–Kier alpha value is -2.22. The number of hydrogen-bond acceptors (Lipinski definition) is 3. The Morgan fingerprint density at radius 2 is 1.93 bits per heavy atom. The van der Waals surface area contributed by atoms with Crippen molar-refractivity contribution in [2.75, 3.05) is 13.6 Å². The third-order valence-electron chi connectivity index (χ3n) is 4.40. The first-order chi connectivity index (χ1) is 13.9. The third kappa shape index (κ3) is 7.89. The number of alkyl halides is 3. The Bertz CT molecular complexity index is 880. The van der Waals surface area contributed by atoms with Crippen molar-refractivity contribution >= 4 is 29.9 Å². The highest BCUT2D eigenvalue weighted by Gasteiger charge is 2.30. The van der Waals surface area contributed by atoms with Gasteiger partial charge in [-0.25, -0.2) is 0 Å². The van der Waals surface area contributed by atoms with Crippen LogP contribution in [0.3, 0.4) is 0 Å². The molecule has 2 rings (SSSR count). The zero-order valence-electron chi connectivity index (χ0n) is 17.1. The summed E-state index contributed by atoms with van der Waals surface area (Å²) < 4.78 is 43.5. The van der Waals surface area contributed by atoms with Gasteiger partial charge in [-0.15, -0.1) is 24.0 Å². The second-order valence-corrected chi connectivity index (χ2v) is 6.39. The molecule has 30 heavy (non-hydrogen) atoms. The van der Waals surface area contributed by atoms with Crippen molar-refractivity contribution < 1.29 is 17.7 Å². The summed E-state index contributed by atoms with van der Waals surface area (Å²) >= 11 is 0. The molecule has 0 spiro atoms. The van der Waals surface area contributed by atoms with E-state index in [0.29, 0.717) is 29.7 Å². The summed E-state index contributed by atoms with van der Waals surface area (Å²) in [6.07, 6.45) is -2.37. The van der Waals surface area contributed by atoms with Crippen molar-refractivity contribution in [3.05, 3.63) is 52.9 Å². The number of guanidine groups is 1. The summed E-state index contributed by atoms with van der Waals surface area (Å²) in [6, 6.07) is 6.87. The minimum atomic E-state index is -4.38. The fourth-order valence-electron chi connectivity index (χ4n) is 2.75. The fourth-order valence-corrected chi connectivity index (χ4v) is 2.75. The van der Waals surface area contributed by atoms with Crippen LogP contribution >= 0.6 is 24.0 Å². The van der Waals surface area contributed by atoms with Crippen LogP contribution in [0.25, 0.3) is 0 Å². The highest BCUT2D eigenvalue weighted by Crippen LogP contribution is 2.29. The van der Waals surface area contributed by atoms with Crippen molar-refractivity contribution in [2.24, 2.45) is 4.99 Å². The van der Waals surface area contributed by atoms with Gasteiger partial charge in [0.05, 0.1) is 24.3 Å². The van der Waals surface area contributed by atoms with Crippen molar-refractivity contribution in [1.82, 2.24) is 15.8 Å². The molecule has 5 nitrogen and oxygen atoms in total. The van der Waals surface area contributed by atoms with E-state index in [1.54, 1.807) is 7.05 Å². The second-order valence-electron chi connectivity index (χ2n) is 6.39. The van der Waals surface area contributed by atoms with Crippen molar-refractivity contribution in [1.29, 1.82) is 0 Å². The first-order valence-electron chi connectivity index (χ1n) is 9.43. The van der Waals surface area contributed by atoms with Gasteiger partial charge in [0.25, 0.3) is 0 Å². The number of halogens is 4. The van der Waals surface area contributed by atoms with Gasteiger partial charge in [0.1, 0.15) is 0 Å². The zero-order valence-corrected chi connectivity index (χ0v) is 19.5. The maximum absolute atomic E-state index is 12.7. The minimum Gasteiger partial charge on any atom is -0.359 e. The lowest BCUT2D eigenvalue weighted by Gasteiger charge is -2.08. The Balaban J connectivity index is 0.00000450. The average Bonchev–Trinajstić information content (AvgIpc) is 3.17. The van der Waals surface area contributed by atoms with Crippen LogP contribution in [0.4, 0.5) is 13.2 Å². The minimum absolute atomic E-state index is 0.